The predicted octanol–water partition coefficient (Wildman–Crippen LogP) is 5.40. The number of carbonyl (C=O) groups is 1. The van der Waals surface area contributed by atoms with Crippen molar-refractivity contribution in [2.45, 2.75) is 20.3 Å². The Balaban J connectivity index is 1.64. The van der Waals surface area contributed by atoms with Crippen molar-refractivity contribution in [2.75, 3.05) is 10.6 Å². The van der Waals surface area contributed by atoms with Crippen LogP contribution in [0.5, 0.6) is 0 Å². The minimum Gasteiger partial charge on any atom is -0.339 e. The molecule has 2 aromatic carbocycles. The molecule has 7 nitrogen and oxygen atoms in total. The molecule has 8 heteroatoms. The van der Waals surface area contributed by atoms with Crippen molar-refractivity contribution < 1.29 is 4.79 Å². The van der Waals surface area contributed by atoms with Gasteiger partial charge in [0.2, 0.25) is 5.91 Å². The molecule has 0 fully saturated rings. The molecular formula is C22H21ClN6O. The minimum atomic E-state index is 0.00569. The molecule has 0 aliphatic rings. The third-order valence-electron chi connectivity index (χ3n) is 4.49. The topological polar surface area (TPSA) is 95.6 Å². The first-order chi connectivity index (χ1) is 14.5. The lowest BCUT2D eigenvalue weighted by Gasteiger charge is -2.09. The highest BCUT2D eigenvalue weighted by atomic mass is 35.5. The van der Waals surface area contributed by atoms with Gasteiger partial charge < -0.3 is 10.6 Å². The first-order valence-corrected chi connectivity index (χ1v) is 9.99. The van der Waals surface area contributed by atoms with E-state index in [4.69, 9.17) is 11.6 Å². The molecule has 0 unspecified atom stereocenters. The molecule has 4 rings (SSSR count). The van der Waals surface area contributed by atoms with Crippen LogP contribution in [0.15, 0.2) is 54.9 Å². The average molecular weight is 421 g/mol. The zero-order valence-corrected chi connectivity index (χ0v) is 17.4. The fourth-order valence-electron chi connectivity index (χ4n) is 3.17. The van der Waals surface area contributed by atoms with Crippen LogP contribution in [0.25, 0.3) is 22.3 Å². The summed E-state index contributed by atoms with van der Waals surface area (Å²) in [7, 11) is 0. The molecule has 4 aromatic rings. The van der Waals surface area contributed by atoms with E-state index >= 15 is 0 Å². The van der Waals surface area contributed by atoms with E-state index in [2.05, 4.69) is 30.8 Å². The van der Waals surface area contributed by atoms with Gasteiger partial charge in [-0.2, -0.15) is 5.10 Å². The Morgan fingerprint density at radius 2 is 1.90 bits per heavy atom. The number of halogens is 1. The van der Waals surface area contributed by atoms with Crippen LogP contribution < -0.4 is 10.6 Å². The number of aromatic amines is 1. The summed E-state index contributed by atoms with van der Waals surface area (Å²) in [5, 5.41) is 15.0. The quantitative estimate of drug-likeness (QED) is 0.388. The first kappa shape index (κ1) is 19.8. The number of benzene rings is 2. The summed E-state index contributed by atoms with van der Waals surface area (Å²) in [5.41, 5.74) is 3.82. The molecule has 3 N–H and O–H groups in total. The van der Waals surface area contributed by atoms with E-state index in [0.717, 1.165) is 28.0 Å². The molecule has 2 heterocycles. The zero-order valence-electron chi connectivity index (χ0n) is 16.6. The van der Waals surface area contributed by atoms with E-state index in [-0.39, 0.29) is 5.91 Å². The Morgan fingerprint density at radius 1 is 1.10 bits per heavy atom. The molecule has 0 spiro atoms. The number of carbonyl (C=O) groups excluding carboxylic acids is 1. The molecule has 0 radical (unpaired) electrons. The van der Waals surface area contributed by atoms with Gasteiger partial charge in [-0.1, -0.05) is 43.6 Å². The van der Waals surface area contributed by atoms with Crippen LogP contribution in [0.3, 0.4) is 0 Å². The SMILES string of the molecule is CC(C)CC(=O)Nc1ccc(-c2[nH]nc3ncnc(Nc4cccc(Cl)c4)c23)cc1. The molecule has 152 valence electrons. The Kier molecular flexibility index (Phi) is 5.63. The van der Waals surface area contributed by atoms with E-state index in [0.29, 0.717) is 28.8 Å². The predicted molar refractivity (Wildman–Crippen MR) is 120 cm³/mol. The van der Waals surface area contributed by atoms with Crippen molar-refractivity contribution in [3.05, 3.63) is 59.9 Å². The maximum atomic E-state index is 12.0. The van der Waals surface area contributed by atoms with Crippen LogP contribution in [0.4, 0.5) is 17.2 Å². The Bertz CT molecular complexity index is 1190. The van der Waals surface area contributed by atoms with Gasteiger partial charge >= 0.3 is 0 Å². The molecule has 0 bridgehead atoms. The second-order valence-electron chi connectivity index (χ2n) is 7.38. The Hall–Kier alpha value is -3.45. The molecule has 1 amide bonds. The van der Waals surface area contributed by atoms with Gasteiger partial charge in [-0.05, 0) is 36.2 Å². The summed E-state index contributed by atoms with van der Waals surface area (Å²) in [6.45, 7) is 4.03. The Morgan fingerprint density at radius 3 is 2.63 bits per heavy atom. The van der Waals surface area contributed by atoms with Crippen molar-refractivity contribution in [3.8, 4) is 11.3 Å². The van der Waals surface area contributed by atoms with Gasteiger partial charge in [-0.15, -0.1) is 0 Å². The van der Waals surface area contributed by atoms with Crippen molar-refractivity contribution in [1.29, 1.82) is 0 Å². The van der Waals surface area contributed by atoms with Gasteiger partial charge in [0.05, 0.1) is 11.1 Å². The molecule has 0 aliphatic carbocycles. The van der Waals surface area contributed by atoms with Gasteiger partial charge in [0.25, 0.3) is 0 Å². The van der Waals surface area contributed by atoms with Crippen molar-refractivity contribution in [3.63, 3.8) is 0 Å². The third-order valence-corrected chi connectivity index (χ3v) is 4.72. The van der Waals surface area contributed by atoms with Crippen molar-refractivity contribution in [2.24, 2.45) is 5.92 Å². The lowest BCUT2D eigenvalue weighted by atomic mass is 10.1. The highest BCUT2D eigenvalue weighted by molar-refractivity contribution is 6.30. The van der Waals surface area contributed by atoms with Gasteiger partial charge in [-0.25, -0.2) is 9.97 Å². The highest BCUT2D eigenvalue weighted by Gasteiger charge is 2.15. The van der Waals surface area contributed by atoms with E-state index in [9.17, 15) is 4.79 Å². The van der Waals surface area contributed by atoms with Gasteiger partial charge in [0, 0.05) is 28.4 Å². The number of aromatic nitrogens is 4. The van der Waals surface area contributed by atoms with Crippen LogP contribution in [-0.2, 0) is 4.79 Å². The van der Waals surface area contributed by atoms with Crippen LogP contribution in [0.2, 0.25) is 5.02 Å². The molecule has 30 heavy (non-hydrogen) atoms. The standard InChI is InChI=1S/C22H21ClN6O/c1-13(2)10-18(30)26-16-8-6-14(7-9-16)20-19-21(24-12-25-22(19)29-28-20)27-17-5-3-4-15(23)11-17/h3-9,11-13H,10H2,1-2H3,(H,26,30)(H2,24,25,27,28,29). The molecule has 0 atom stereocenters. The number of H-pyrrole nitrogens is 1. The van der Waals surface area contributed by atoms with Crippen LogP contribution in [-0.4, -0.2) is 26.1 Å². The number of anilines is 3. The molecule has 0 saturated heterocycles. The number of nitrogens with zero attached hydrogens (tertiary/aromatic N) is 3. The van der Waals surface area contributed by atoms with E-state index < -0.39 is 0 Å². The molecule has 2 aromatic heterocycles. The Labute approximate surface area is 178 Å². The minimum absolute atomic E-state index is 0.00569. The van der Waals surface area contributed by atoms with Crippen LogP contribution >= 0.6 is 11.6 Å². The lowest BCUT2D eigenvalue weighted by molar-refractivity contribution is -0.116. The maximum Gasteiger partial charge on any atom is 0.224 e. The number of amides is 1. The molecule has 0 saturated carbocycles. The number of fused-ring (bicyclic) bond motifs is 1. The highest BCUT2D eigenvalue weighted by Crippen LogP contribution is 2.32. The maximum absolute atomic E-state index is 12.0. The summed E-state index contributed by atoms with van der Waals surface area (Å²) in [5.74, 6) is 0.942. The summed E-state index contributed by atoms with van der Waals surface area (Å²) in [4.78, 5) is 20.6. The number of nitrogens with one attached hydrogen (secondary N) is 3. The van der Waals surface area contributed by atoms with Gasteiger partial charge in [0.15, 0.2) is 5.65 Å². The molecule has 0 aliphatic heterocycles. The fourth-order valence-corrected chi connectivity index (χ4v) is 3.36. The lowest BCUT2D eigenvalue weighted by Crippen LogP contribution is -2.13. The smallest absolute Gasteiger partial charge is 0.224 e. The monoisotopic (exact) mass is 420 g/mol. The number of hydrogen-bond donors (Lipinski definition) is 3. The summed E-state index contributed by atoms with van der Waals surface area (Å²) >= 11 is 6.09. The van der Waals surface area contributed by atoms with Crippen LogP contribution in [0, 0.1) is 5.92 Å². The fraction of sp³-hybridized carbons (Fsp3) is 0.182. The zero-order chi connectivity index (χ0) is 21.1. The summed E-state index contributed by atoms with van der Waals surface area (Å²) in [6, 6.07) is 15.0. The van der Waals surface area contributed by atoms with E-state index in [1.807, 2.05) is 62.4 Å². The second kappa shape index (κ2) is 8.51. The van der Waals surface area contributed by atoms with Crippen molar-refractivity contribution >= 4 is 45.7 Å². The second-order valence-corrected chi connectivity index (χ2v) is 7.81. The van der Waals surface area contributed by atoms with E-state index in [1.54, 1.807) is 0 Å². The van der Waals surface area contributed by atoms with Gasteiger partial charge in [0.1, 0.15) is 12.1 Å². The largest absolute Gasteiger partial charge is 0.339 e. The summed E-state index contributed by atoms with van der Waals surface area (Å²) < 4.78 is 0. The summed E-state index contributed by atoms with van der Waals surface area (Å²) in [6.07, 6.45) is 1.95. The number of rotatable bonds is 6. The third kappa shape index (κ3) is 4.41. The normalized spacial score (nSPS) is 11.1. The average Bonchev–Trinajstić information content (AvgIpc) is 3.13. The van der Waals surface area contributed by atoms with Crippen molar-refractivity contribution in [1.82, 2.24) is 20.2 Å². The van der Waals surface area contributed by atoms with E-state index in [1.165, 1.54) is 6.33 Å². The number of hydrogen-bond acceptors (Lipinski definition) is 5. The molecular weight excluding hydrogens is 400 g/mol. The first-order valence-electron chi connectivity index (χ1n) is 9.61. The van der Waals surface area contributed by atoms with Crippen LogP contribution in [0.1, 0.15) is 20.3 Å². The van der Waals surface area contributed by atoms with Gasteiger partial charge in [-0.3, -0.25) is 9.89 Å².